The van der Waals surface area contributed by atoms with Crippen molar-refractivity contribution in [1.82, 2.24) is 5.32 Å². The topological polar surface area (TPSA) is 38.0 Å². The van der Waals surface area contributed by atoms with E-state index in [-0.39, 0.29) is 0 Å². The summed E-state index contributed by atoms with van der Waals surface area (Å²) >= 11 is 0. The van der Waals surface area contributed by atoms with Gasteiger partial charge in [0.15, 0.2) is 0 Å². The second-order valence-electron chi connectivity index (χ2n) is 5.87. The Bertz CT molecular complexity index is 134. The van der Waals surface area contributed by atoms with E-state index in [1.165, 1.54) is 0 Å². The van der Waals surface area contributed by atoms with Gasteiger partial charge in [0.2, 0.25) is 0 Å². The molecule has 2 heteroatoms. The second-order valence-corrected chi connectivity index (χ2v) is 5.87. The van der Waals surface area contributed by atoms with Crippen LogP contribution in [0, 0.1) is 10.8 Å². The molecule has 0 spiro atoms. The first-order valence-electron chi connectivity index (χ1n) is 5.18. The van der Waals surface area contributed by atoms with E-state index in [0.717, 1.165) is 26.1 Å². The fourth-order valence-corrected chi connectivity index (χ4v) is 1.26. The first-order valence-corrected chi connectivity index (χ1v) is 5.18. The van der Waals surface area contributed by atoms with Crippen molar-refractivity contribution >= 4 is 0 Å². The average Bonchev–Trinajstić information content (AvgIpc) is 1.82. The highest BCUT2D eigenvalue weighted by atomic mass is 14.9. The Kier molecular flexibility index (Phi) is 4.93. The maximum Gasteiger partial charge on any atom is 0.000322 e. The summed E-state index contributed by atoms with van der Waals surface area (Å²) in [5.74, 6) is 0. The molecule has 0 aromatic carbocycles. The Balaban J connectivity index is 3.63. The molecule has 0 aromatic heterocycles. The molecule has 2 nitrogen and oxygen atoms in total. The molecule has 0 aliphatic heterocycles. The van der Waals surface area contributed by atoms with E-state index in [1.807, 2.05) is 0 Å². The van der Waals surface area contributed by atoms with Crippen LogP contribution in [0.5, 0.6) is 0 Å². The largest absolute Gasteiger partial charge is 0.330 e. The van der Waals surface area contributed by atoms with Crippen LogP contribution in [0.1, 0.15) is 41.0 Å². The van der Waals surface area contributed by atoms with Crippen LogP contribution < -0.4 is 11.1 Å². The lowest BCUT2D eigenvalue weighted by molar-refractivity contribution is 0.288. The van der Waals surface area contributed by atoms with Gasteiger partial charge in [0.25, 0.3) is 0 Å². The van der Waals surface area contributed by atoms with E-state index < -0.39 is 0 Å². The van der Waals surface area contributed by atoms with Gasteiger partial charge in [0, 0.05) is 13.1 Å². The molecule has 0 saturated heterocycles. The van der Waals surface area contributed by atoms with Gasteiger partial charge < -0.3 is 11.1 Å². The Labute approximate surface area is 83.3 Å². The molecule has 0 unspecified atom stereocenters. The van der Waals surface area contributed by atoms with Gasteiger partial charge in [-0.25, -0.2) is 0 Å². The van der Waals surface area contributed by atoms with Crippen molar-refractivity contribution < 1.29 is 0 Å². The van der Waals surface area contributed by atoms with Crippen LogP contribution in [0.3, 0.4) is 0 Å². The Morgan fingerprint density at radius 1 is 1.00 bits per heavy atom. The predicted octanol–water partition coefficient (Wildman–Crippen LogP) is 2.00. The van der Waals surface area contributed by atoms with Gasteiger partial charge in [-0.05, 0) is 23.8 Å². The minimum absolute atomic E-state index is 0.333. The zero-order valence-corrected chi connectivity index (χ0v) is 9.91. The molecular weight excluding hydrogens is 160 g/mol. The third-order valence-corrected chi connectivity index (χ3v) is 2.08. The molecule has 0 rings (SSSR count). The molecule has 0 saturated carbocycles. The summed E-state index contributed by atoms with van der Waals surface area (Å²) in [6, 6.07) is 0. The van der Waals surface area contributed by atoms with E-state index >= 15 is 0 Å². The zero-order valence-electron chi connectivity index (χ0n) is 9.91. The minimum atomic E-state index is 0.333. The summed E-state index contributed by atoms with van der Waals surface area (Å²) in [6.45, 7) is 14.2. The Morgan fingerprint density at radius 3 is 1.92 bits per heavy atom. The molecule has 3 N–H and O–H groups in total. The van der Waals surface area contributed by atoms with Gasteiger partial charge in [0.1, 0.15) is 0 Å². The van der Waals surface area contributed by atoms with Crippen molar-refractivity contribution in [1.29, 1.82) is 0 Å². The molecule has 0 bridgehead atoms. The SMILES string of the molecule is CC(C)(C)CNCC(C)(C)CCN. The second kappa shape index (κ2) is 4.97. The number of rotatable bonds is 5. The highest BCUT2D eigenvalue weighted by molar-refractivity contribution is 4.74. The highest BCUT2D eigenvalue weighted by Gasteiger charge is 2.17. The Morgan fingerprint density at radius 2 is 1.54 bits per heavy atom. The van der Waals surface area contributed by atoms with Crippen LogP contribution in [0.4, 0.5) is 0 Å². The third kappa shape index (κ3) is 8.26. The monoisotopic (exact) mass is 186 g/mol. The van der Waals surface area contributed by atoms with Gasteiger partial charge in [-0.3, -0.25) is 0 Å². The fraction of sp³-hybridized carbons (Fsp3) is 1.00. The molecule has 0 aromatic rings. The van der Waals surface area contributed by atoms with Crippen molar-refractivity contribution in [2.75, 3.05) is 19.6 Å². The number of hydrogen-bond donors (Lipinski definition) is 2. The van der Waals surface area contributed by atoms with Gasteiger partial charge in [0.05, 0.1) is 0 Å². The molecule has 0 radical (unpaired) electrons. The van der Waals surface area contributed by atoms with Crippen LogP contribution in [0.2, 0.25) is 0 Å². The average molecular weight is 186 g/mol. The third-order valence-electron chi connectivity index (χ3n) is 2.08. The number of nitrogens with two attached hydrogens (primary N) is 1. The van der Waals surface area contributed by atoms with Crippen LogP contribution in [0.25, 0.3) is 0 Å². The summed E-state index contributed by atoms with van der Waals surface area (Å²) < 4.78 is 0. The summed E-state index contributed by atoms with van der Waals surface area (Å²) in [5.41, 5.74) is 6.25. The maximum atomic E-state index is 5.54. The lowest BCUT2D eigenvalue weighted by Crippen LogP contribution is -2.35. The van der Waals surface area contributed by atoms with E-state index in [4.69, 9.17) is 5.73 Å². The van der Waals surface area contributed by atoms with E-state index in [0.29, 0.717) is 10.8 Å². The number of nitrogens with one attached hydrogen (secondary N) is 1. The van der Waals surface area contributed by atoms with Gasteiger partial charge >= 0.3 is 0 Å². The zero-order chi connectivity index (χ0) is 10.5. The molecule has 0 aliphatic carbocycles. The smallest absolute Gasteiger partial charge is 0.000322 e. The quantitative estimate of drug-likeness (QED) is 0.689. The van der Waals surface area contributed by atoms with Crippen molar-refractivity contribution in [2.45, 2.75) is 41.0 Å². The fourth-order valence-electron chi connectivity index (χ4n) is 1.26. The van der Waals surface area contributed by atoms with Gasteiger partial charge in [-0.1, -0.05) is 34.6 Å². The highest BCUT2D eigenvalue weighted by Crippen LogP contribution is 2.18. The van der Waals surface area contributed by atoms with E-state index in [9.17, 15) is 0 Å². The van der Waals surface area contributed by atoms with Crippen molar-refractivity contribution in [3.05, 3.63) is 0 Å². The molecule has 0 heterocycles. The normalized spacial score (nSPS) is 13.4. The van der Waals surface area contributed by atoms with Crippen LogP contribution in [-0.2, 0) is 0 Å². The molecule has 80 valence electrons. The van der Waals surface area contributed by atoms with Crippen LogP contribution in [-0.4, -0.2) is 19.6 Å². The summed E-state index contributed by atoms with van der Waals surface area (Å²) in [6.07, 6.45) is 1.09. The van der Waals surface area contributed by atoms with Crippen LogP contribution >= 0.6 is 0 Å². The molecular formula is C11H26N2. The Hall–Kier alpha value is -0.0800. The lowest BCUT2D eigenvalue weighted by Gasteiger charge is -2.27. The molecule has 0 atom stereocenters. The molecule has 0 amide bonds. The minimum Gasteiger partial charge on any atom is -0.330 e. The standard InChI is InChI=1S/C11H26N2/c1-10(2,3)8-13-9-11(4,5)6-7-12/h13H,6-9,12H2,1-5H3. The first kappa shape index (κ1) is 12.9. The molecule has 0 fully saturated rings. The number of hydrogen-bond acceptors (Lipinski definition) is 2. The van der Waals surface area contributed by atoms with Crippen molar-refractivity contribution in [3.63, 3.8) is 0 Å². The summed E-state index contributed by atoms with van der Waals surface area (Å²) in [5, 5.41) is 3.49. The van der Waals surface area contributed by atoms with Crippen molar-refractivity contribution in [2.24, 2.45) is 16.6 Å². The van der Waals surface area contributed by atoms with Crippen LogP contribution in [0.15, 0.2) is 0 Å². The van der Waals surface area contributed by atoms with Crippen molar-refractivity contribution in [3.8, 4) is 0 Å². The maximum absolute atomic E-state index is 5.54. The van der Waals surface area contributed by atoms with E-state index in [2.05, 4.69) is 39.9 Å². The first-order chi connectivity index (χ1) is 5.77. The van der Waals surface area contributed by atoms with Gasteiger partial charge in [-0.2, -0.15) is 0 Å². The van der Waals surface area contributed by atoms with E-state index in [1.54, 1.807) is 0 Å². The van der Waals surface area contributed by atoms with Gasteiger partial charge in [-0.15, -0.1) is 0 Å². The molecule has 0 aliphatic rings. The summed E-state index contributed by atoms with van der Waals surface area (Å²) in [7, 11) is 0. The molecule has 13 heavy (non-hydrogen) atoms. The predicted molar refractivity (Wildman–Crippen MR) is 59.8 cm³/mol. The summed E-state index contributed by atoms with van der Waals surface area (Å²) in [4.78, 5) is 0. The lowest BCUT2D eigenvalue weighted by atomic mass is 9.88.